The molecule has 2 bridgehead atoms. The normalized spacial score (nSPS) is 40.0. The Balaban J connectivity index is 1.50. The van der Waals surface area contributed by atoms with Gasteiger partial charge in [0, 0.05) is 12.6 Å². The highest BCUT2D eigenvalue weighted by molar-refractivity contribution is 5.11. The second-order valence-electron chi connectivity index (χ2n) is 7.13. The lowest BCUT2D eigenvalue weighted by molar-refractivity contribution is 0.257. The average molecular weight is 233 g/mol. The summed E-state index contributed by atoms with van der Waals surface area (Å²) >= 11 is 0. The summed E-state index contributed by atoms with van der Waals surface area (Å²) in [5, 5.41) is 3.86. The van der Waals surface area contributed by atoms with Crippen molar-refractivity contribution in [1.29, 1.82) is 0 Å². The summed E-state index contributed by atoms with van der Waals surface area (Å²) in [7, 11) is 0. The molecule has 96 valence electrons. The summed E-state index contributed by atoms with van der Waals surface area (Å²) in [6, 6.07) is 0.715. The molecule has 3 rings (SSSR count). The summed E-state index contributed by atoms with van der Waals surface area (Å²) < 4.78 is 0. The molecule has 0 aromatic rings. The molecule has 4 atom stereocenters. The number of hydrogen-bond donors (Lipinski definition) is 1. The number of nitrogens with one attached hydrogen (secondary N) is 1. The van der Waals surface area contributed by atoms with Crippen LogP contribution in [0.25, 0.3) is 0 Å². The van der Waals surface area contributed by atoms with E-state index in [1.807, 2.05) is 0 Å². The Labute approximate surface area is 106 Å². The molecule has 1 heteroatoms. The molecule has 0 spiro atoms. The fraction of sp³-hybridized carbons (Fsp3) is 0.875. The van der Waals surface area contributed by atoms with Crippen LogP contribution in [-0.4, -0.2) is 12.6 Å². The lowest BCUT2D eigenvalue weighted by Crippen LogP contribution is -2.41. The largest absolute Gasteiger partial charge is 0.313 e. The van der Waals surface area contributed by atoms with Crippen molar-refractivity contribution in [1.82, 2.24) is 5.32 Å². The van der Waals surface area contributed by atoms with E-state index in [2.05, 4.69) is 31.3 Å². The first-order valence-corrected chi connectivity index (χ1v) is 7.58. The van der Waals surface area contributed by atoms with E-state index in [1.165, 1.54) is 45.1 Å². The quantitative estimate of drug-likeness (QED) is 0.729. The lowest BCUT2D eigenvalue weighted by Gasteiger charge is -2.31. The van der Waals surface area contributed by atoms with Crippen LogP contribution in [0.1, 0.15) is 52.4 Å². The molecule has 1 N–H and O–H groups in total. The van der Waals surface area contributed by atoms with E-state index in [1.54, 1.807) is 0 Å². The van der Waals surface area contributed by atoms with Crippen LogP contribution in [0.4, 0.5) is 0 Å². The third kappa shape index (κ3) is 2.31. The van der Waals surface area contributed by atoms with Crippen LogP contribution in [0, 0.1) is 23.2 Å². The van der Waals surface area contributed by atoms with Gasteiger partial charge in [0.25, 0.3) is 0 Å². The molecule has 3 aliphatic carbocycles. The van der Waals surface area contributed by atoms with Gasteiger partial charge in [-0.1, -0.05) is 31.9 Å². The monoisotopic (exact) mass is 233 g/mol. The Kier molecular flexibility index (Phi) is 3.06. The zero-order valence-electron chi connectivity index (χ0n) is 11.4. The van der Waals surface area contributed by atoms with E-state index in [4.69, 9.17) is 0 Å². The van der Waals surface area contributed by atoms with Crippen LogP contribution >= 0.6 is 0 Å². The van der Waals surface area contributed by atoms with E-state index in [0.29, 0.717) is 11.5 Å². The molecule has 0 aliphatic heterocycles. The van der Waals surface area contributed by atoms with Crippen molar-refractivity contribution in [3.8, 4) is 0 Å². The van der Waals surface area contributed by atoms with E-state index >= 15 is 0 Å². The van der Waals surface area contributed by atoms with Gasteiger partial charge in [0.15, 0.2) is 0 Å². The summed E-state index contributed by atoms with van der Waals surface area (Å²) in [5.41, 5.74) is 0.599. The summed E-state index contributed by atoms with van der Waals surface area (Å²) in [6.45, 7) is 6.13. The highest BCUT2D eigenvalue weighted by Crippen LogP contribution is 2.45. The van der Waals surface area contributed by atoms with Crippen molar-refractivity contribution < 1.29 is 0 Å². The topological polar surface area (TPSA) is 12.0 Å². The molecule has 0 aromatic carbocycles. The Hall–Kier alpha value is -0.300. The van der Waals surface area contributed by atoms with Gasteiger partial charge in [0.2, 0.25) is 0 Å². The summed E-state index contributed by atoms with van der Waals surface area (Å²) in [6.07, 6.45) is 13.6. The third-order valence-corrected chi connectivity index (χ3v) is 5.63. The van der Waals surface area contributed by atoms with Crippen LogP contribution in [0.2, 0.25) is 0 Å². The Morgan fingerprint density at radius 3 is 2.59 bits per heavy atom. The average Bonchev–Trinajstić information content (AvgIpc) is 3.02. The molecule has 2 fully saturated rings. The maximum atomic E-state index is 3.86. The second kappa shape index (κ2) is 4.42. The van der Waals surface area contributed by atoms with E-state index < -0.39 is 0 Å². The second-order valence-corrected chi connectivity index (χ2v) is 7.13. The summed E-state index contributed by atoms with van der Waals surface area (Å²) in [4.78, 5) is 0. The van der Waals surface area contributed by atoms with E-state index in [0.717, 1.165) is 17.8 Å². The predicted octanol–water partition coefficient (Wildman–Crippen LogP) is 3.76. The molecule has 0 saturated heterocycles. The van der Waals surface area contributed by atoms with Gasteiger partial charge >= 0.3 is 0 Å². The number of rotatable bonds is 4. The fourth-order valence-corrected chi connectivity index (χ4v) is 4.36. The Morgan fingerprint density at radius 2 is 2.00 bits per heavy atom. The zero-order valence-corrected chi connectivity index (χ0v) is 11.4. The predicted molar refractivity (Wildman–Crippen MR) is 72.9 cm³/mol. The van der Waals surface area contributed by atoms with Crippen LogP contribution in [0.3, 0.4) is 0 Å². The minimum Gasteiger partial charge on any atom is -0.313 e. The van der Waals surface area contributed by atoms with Gasteiger partial charge in [-0.25, -0.2) is 0 Å². The van der Waals surface area contributed by atoms with Gasteiger partial charge in [-0.05, 0) is 55.8 Å². The van der Waals surface area contributed by atoms with Gasteiger partial charge in [0.05, 0.1) is 0 Å². The van der Waals surface area contributed by atoms with Crippen LogP contribution < -0.4 is 5.32 Å². The van der Waals surface area contributed by atoms with Gasteiger partial charge in [-0.15, -0.1) is 0 Å². The molecule has 0 heterocycles. The van der Waals surface area contributed by atoms with Crippen molar-refractivity contribution in [3.05, 3.63) is 12.2 Å². The Bertz CT molecular complexity index is 301. The standard InChI is InChI=1S/C16H27N/c1-12(15-10-13-5-6-14(15)9-13)17-11-16(2)7-3-4-8-16/h5-6,12-15,17H,3-4,7-11H2,1-2H3. The highest BCUT2D eigenvalue weighted by atomic mass is 14.9. The summed E-state index contributed by atoms with van der Waals surface area (Å²) in [5.74, 6) is 2.71. The molecule has 17 heavy (non-hydrogen) atoms. The van der Waals surface area contributed by atoms with Crippen molar-refractivity contribution >= 4 is 0 Å². The zero-order chi connectivity index (χ0) is 11.9. The first kappa shape index (κ1) is 11.8. The van der Waals surface area contributed by atoms with Crippen LogP contribution in [-0.2, 0) is 0 Å². The number of allylic oxidation sites excluding steroid dienone is 2. The maximum Gasteiger partial charge on any atom is 0.00730 e. The van der Waals surface area contributed by atoms with Crippen molar-refractivity contribution in [2.24, 2.45) is 23.2 Å². The first-order valence-electron chi connectivity index (χ1n) is 7.58. The molecule has 4 unspecified atom stereocenters. The smallest absolute Gasteiger partial charge is 0.00730 e. The minimum atomic E-state index is 0.599. The number of hydrogen-bond acceptors (Lipinski definition) is 1. The van der Waals surface area contributed by atoms with Crippen LogP contribution in [0.5, 0.6) is 0 Å². The number of fused-ring (bicyclic) bond motifs is 2. The Morgan fingerprint density at radius 1 is 1.24 bits per heavy atom. The molecule has 1 nitrogen and oxygen atoms in total. The van der Waals surface area contributed by atoms with Crippen LogP contribution in [0.15, 0.2) is 12.2 Å². The van der Waals surface area contributed by atoms with Gasteiger partial charge < -0.3 is 5.32 Å². The van der Waals surface area contributed by atoms with Gasteiger partial charge in [-0.2, -0.15) is 0 Å². The molecule has 0 aromatic heterocycles. The SMILES string of the molecule is CC(NCC1(C)CCCC1)C1CC2C=CC1C2. The molecule has 2 saturated carbocycles. The molecular weight excluding hydrogens is 206 g/mol. The van der Waals surface area contributed by atoms with Gasteiger partial charge in [0.1, 0.15) is 0 Å². The van der Waals surface area contributed by atoms with Gasteiger partial charge in [-0.3, -0.25) is 0 Å². The molecular formula is C16H27N. The van der Waals surface area contributed by atoms with Crippen molar-refractivity contribution in [2.75, 3.05) is 6.54 Å². The van der Waals surface area contributed by atoms with Crippen molar-refractivity contribution in [3.63, 3.8) is 0 Å². The first-order chi connectivity index (χ1) is 8.16. The third-order valence-electron chi connectivity index (χ3n) is 5.63. The minimum absolute atomic E-state index is 0.599. The maximum absolute atomic E-state index is 3.86. The lowest BCUT2D eigenvalue weighted by atomic mass is 9.85. The molecule has 0 amide bonds. The molecule has 0 radical (unpaired) electrons. The fourth-order valence-electron chi connectivity index (χ4n) is 4.36. The highest BCUT2D eigenvalue weighted by Gasteiger charge is 2.39. The van der Waals surface area contributed by atoms with Crippen molar-refractivity contribution in [2.45, 2.75) is 58.4 Å². The van der Waals surface area contributed by atoms with E-state index in [-0.39, 0.29) is 0 Å². The molecule has 3 aliphatic rings. The van der Waals surface area contributed by atoms with E-state index in [9.17, 15) is 0 Å².